The van der Waals surface area contributed by atoms with Crippen molar-refractivity contribution in [3.8, 4) is 0 Å². The molecule has 2 aromatic heterocycles. The molecule has 2 heterocycles. The van der Waals surface area contributed by atoms with E-state index in [1.54, 1.807) is 43.3 Å². The van der Waals surface area contributed by atoms with Gasteiger partial charge >= 0.3 is 0 Å². The molecular formula is C13H17N5O. The van der Waals surface area contributed by atoms with E-state index in [4.69, 9.17) is 0 Å². The maximum atomic E-state index is 11.7. The second kappa shape index (κ2) is 5.51. The first-order valence-electron chi connectivity index (χ1n) is 5.96. The molecule has 19 heavy (non-hydrogen) atoms. The number of nitrogens with one attached hydrogen (secondary N) is 1. The summed E-state index contributed by atoms with van der Waals surface area (Å²) in [6.07, 6.45) is 3.33. The first-order valence-corrected chi connectivity index (χ1v) is 5.96. The minimum Gasteiger partial charge on any atom is -0.364 e. The third kappa shape index (κ3) is 3.09. The van der Waals surface area contributed by atoms with E-state index in [0.717, 1.165) is 11.5 Å². The Balaban J connectivity index is 1.99. The van der Waals surface area contributed by atoms with Crippen molar-refractivity contribution < 1.29 is 4.79 Å². The van der Waals surface area contributed by atoms with Crippen molar-refractivity contribution in [3.63, 3.8) is 0 Å². The molecule has 1 N–H and O–H groups in total. The summed E-state index contributed by atoms with van der Waals surface area (Å²) in [7, 11) is 5.33. The third-order valence-corrected chi connectivity index (χ3v) is 2.79. The Kier molecular flexibility index (Phi) is 3.79. The van der Waals surface area contributed by atoms with E-state index < -0.39 is 0 Å². The zero-order chi connectivity index (χ0) is 13.8. The highest BCUT2D eigenvalue weighted by molar-refractivity contribution is 5.93. The molecule has 6 nitrogen and oxygen atoms in total. The lowest BCUT2D eigenvalue weighted by atomic mass is 10.2. The summed E-state index contributed by atoms with van der Waals surface area (Å²) in [5.41, 5.74) is 1.64. The summed E-state index contributed by atoms with van der Waals surface area (Å²) in [6.45, 7) is 0.643. The van der Waals surface area contributed by atoms with Gasteiger partial charge in [0.05, 0.1) is 17.8 Å². The van der Waals surface area contributed by atoms with Gasteiger partial charge in [-0.25, -0.2) is 4.98 Å². The minimum atomic E-state index is -0.0503. The summed E-state index contributed by atoms with van der Waals surface area (Å²) in [5, 5.41) is 7.28. The molecule has 0 spiro atoms. The number of hydrogen-bond donors (Lipinski definition) is 1. The molecule has 0 radical (unpaired) electrons. The molecule has 0 aliphatic rings. The van der Waals surface area contributed by atoms with E-state index in [1.807, 2.05) is 13.1 Å². The standard InChI is InChI=1S/C13H17N5O/c1-17(2)13(19)10-4-5-12(14-8-10)15-9-11-6-7-16-18(11)3/h4-8H,9H2,1-3H3,(H,14,15). The summed E-state index contributed by atoms with van der Waals surface area (Å²) < 4.78 is 1.80. The van der Waals surface area contributed by atoms with Crippen molar-refractivity contribution in [2.75, 3.05) is 19.4 Å². The first-order chi connectivity index (χ1) is 9.08. The third-order valence-electron chi connectivity index (χ3n) is 2.79. The van der Waals surface area contributed by atoms with Gasteiger partial charge in [-0.3, -0.25) is 9.48 Å². The SMILES string of the molecule is CN(C)C(=O)c1ccc(NCc2ccnn2C)nc1. The van der Waals surface area contributed by atoms with Crippen LogP contribution in [0, 0.1) is 0 Å². The van der Waals surface area contributed by atoms with Gasteiger partial charge in [0.15, 0.2) is 0 Å². The molecule has 0 atom stereocenters. The van der Waals surface area contributed by atoms with Crippen LogP contribution in [0.15, 0.2) is 30.6 Å². The van der Waals surface area contributed by atoms with Crippen LogP contribution in [0.3, 0.4) is 0 Å². The molecule has 2 aromatic rings. The topological polar surface area (TPSA) is 63.1 Å². The fourth-order valence-electron chi connectivity index (χ4n) is 1.64. The predicted octanol–water partition coefficient (Wildman–Crippen LogP) is 1.13. The van der Waals surface area contributed by atoms with Crippen LogP contribution >= 0.6 is 0 Å². The highest BCUT2D eigenvalue weighted by Crippen LogP contribution is 2.08. The normalized spacial score (nSPS) is 10.3. The van der Waals surface area contributed by atoms with E-state index in [-0.39, 0.29) is 5.91 Å². The minimum absolute atomic E-state index is 0.0503. The molecule has 0 aliphatic heterocycles. The molecule has 0 saturated carbocycles. The molecule has 0 bridgehead atoms. The Morgan fingerprint density at radius 3 is 2.68 bits per heavy atom. The van der Waals surface area contributed by atoms with E-state index in [9.17, 15) is 4.79 Å². The predicted molar refractivity (Wildman–Crippen MR) is 72.8 cm³/mol. The lowest BCUT2D eigenvalue weighted by molar-refractivity contribution is 0.0827. The van der Waals surface area contributed by atoms with Gasteiger partial charge in [-0.1, -0.05) is 0 Å². The van der Waals surface area contributed by atoms with Crippen molar-refractivity contribution in [1.82, 2.24) is 19.7 Å². The van der Waals surface area contributed by atoms with Crippen LogP contribution in [0.1, 0.15) is 16.1 Å². The number of aromatic nitrogens is 3. The number of aryl methyl sites for hydroxylation is 1. The molecule has 0 aliphatic carbocycles. The van der Waals surface area contributed by atoms with Gasteiger partial charge in [0.2, 0.25) is 0 Å². The second-order valence-electron chi connectivity index (χ2n) is 4.43. The quantitative estimate of drug-likeness (QED) is 0.894. The van der Waals surface area contributed by atoms with Gasteiger partial charge in [-0.2, -0.15) is 5.10 Å². The van der Waals surface area contributed by atoms with Gasteiger partial charge in [0.25, 0.3) is 5.91 Å². The van der Waals surface area contributed by atoms with Gasteiger partial charge < -0.3 is 10.2 Å². The van der Waals surface area contributed by atoms with Crippen LogP contribution in [0.4, 0.5) is 5.82 Å². The Bertz CT molecular complexity index is 559. The van der Waals surface area contributed by atoms with Crippen molar-refractivity contribution in [1.29, 1.82) is 0 Å². The summed E-state index contributed by atoms with van der Waals surface area (Å²) >= 11 is 0. The Morgan fingerprint density at radius 1 is 1.37 bits per heavy atom. The van der Waals surface area contributed by atoms with Gasteiger partial charge in [-0.15, -0.1) is 0 Å². The Hall–Kier alpha value is -2.37. The zero-order valence-electron chi connectivity index (χ0n) is 11.3. The van der Waals surface area contributed by atoms with Gasteiger partial charge in [0.1, 0.15) is 5.82 Å². The number of rotatable bonds is 4. The van der Waals surface area contributed by atoms with Crippen molar-refractivity contribution in [3.05, 3.63) is 41.9 Å². The van der Waals surface area contributed by atoms with Crippen LogP contribution in [-0.2, 0) is 13.6 Å². The number of pyridine rings is 1. The molecule has 0 saturated heterocycles. The molecule has 6 heteroatoms. The highest BCUT2D eigenvalue weighted by atomic mass is 16.2. The fourth-order valence-corrected chi connectivity index (χ4v) is 1.64. The van der Waals surface area contributed by atoms with E-state index in [2.05, 4.69) is 15.4 Å². The zero-order valence-corrected chi connectivity index (χ0v) is 11.3. The van der Waals surface area contributed by atoms with Crippen LogP contribution in [-0.4, -0.2) is 39.7 Å². The monoisotopic (exact) mass is 259 g/mol. The van der Waals surface area contributed by atoms with Crippen LogP contribution in [0.2, 0.25) is 0 Å². The highest BCUT2D eigenvalue weighted by Gasteiger charge is 2.08. The smallest absolute Gasteiger partial charge is 0.254 e. The molecule has 2 rings (SSSR count). The average Bonchev–Trinajstić information content (AvgIpc) is 2.81. The molecular weight excluding hydrogens is 242 g/mol. The summed E-state index contributed by atoms with van der Waals surface area (Å²) in [5.74, 6) is 0.683. The number of carbonyl (C=O) groups is 1. The molecule has 100 valence electrons. The largest absolute Gasteiger partial charge is 0.364 e. The van der Waals surface area contributed by atoms with Crippen LogP contribution < -0.4 is 5.32 Å². The van der Waals surface area contributed by atoms with E-state index in [1.165, 1.54) is 4.90 Å². The lowest BCUT2D eigenvalue weighted by Crippen LogP contribution is -2.21. The second-order valence-corrected chi connectivity index (χ2v) is 4.43. The Labute approximate surface area is 112 Å². The fraction of sp³-hybridized carbons (Fsp3) is 0.308. The molecule has 1 amide bonds. The first kappa shape index (κ1) is 13.1. The molecule has 0 unspecified atom stereocenters. The van der Waals surface area contributed by atoms with Crippen molar-refractivity contribution in [2.24, 2.45) is 7.05 Å². The van der Waals surface area contributed by atoms with E-state index in [0.29, 0.717) is 12.1 Å². The molecule has 0 fully saturated rings. The Morgan fingerprint density at radius 2 is 2.16 bits per heavy atom. The number of nitrogens with zero attached hydrogens (tertiary/aromatic N) is 4. The summed E-state index contributed by atoms with van der Waals surface area (Å²) in [4.78, 5) is 17.4. The molecule has 0 aromatic carbocycles. The van der Waals surface area contributed by atoms with Crippen molar-refractivity contribution >= 4 is 11.7 Å². The van der Waals surface area contributed by atoms with Gasteiger partial charge in [0, 0.05) is 33.5 Å². The maximum Gasteiger partial charge on any atom is 0.254 e. The number of carbonyl (C=O) groups excluding carboxylic acids is 1. The number of anilines is 1. The average molecular weight is 259 g/mol. The number of hydrogen-bond acceptors (Lipinski definition) is 4. The van der Waals surface area contributed by atoms with Gasteiger partial charge in [-0.05, 0) is 18.2 Å². The van der Waals surface area contributed by atoms with E-state index >= 15 is 0 Å². The lowest BCUT2D eigenvalue weighted by Gasteiger charge is -2.10. The maximum absolute atomic E-state index is 11.7. The van der Waals surface area contributed by atoms with Crippen LogP contribution in [0.5, 0.6) is 0 Å². The van der Waals surface area contributed by atoms with Crippen molar-refractivity contribution in [2.45, 2.75) is 6.54 Å². The van der Waals surface area contributed by atoms with Crippen LogP contribution in [0.25, 0.3) is 0 Å². The summed E-state index contributed by atoms with van der Waals surface area (Å²) in [6, 6.07) is 5.50. The number of amides is 1.